The van der Waals surface area contributed by atoms with E-state index in [-0.39, 0.29) is 36.7 Å². The van der Waals surface area contributed by atoms with Crippen molar-refractivity contribution in [3.63, 3.8) is 0 Å². The van der Waals surface area contributed by atoms with Gasteiger partial charge >= 0.3 is 6.03 Å². The van der Waals surface area contributed by atoms with E-state index in [1.54, 1.807) is 7.11 Å². The average molecular weight is 438 g/mol. The molecule has 2 amide bonds. The number of rotatable bonds is 5. The van der Waals surface area contributed by atoms with Gasteiger partial charge in [-0.05, 0) is 62.1 Å². The number of aliphatic hydroxyl groups excluding tert-OH is 1. The van der Waals surface area contributed by atoms with Crippen LogP contribution in [0.2, 0.25) is 0 Å². The van der Waals surface area contributed by atoms with E-state index < -0.39 is 0 Å². The quantitative estimate of drug-likeness (QED) is 0.749. The maximum Gasteiger partial charge on any atom is 0.317 e. The molecule has 0 saturated carbocycles. The summed E-state index contributed by atoms with van der Waals surface area (Å²) in [4.78, 5) is 17.1. The molecular weight excluding hydrogens is 402 g/mol. The highest BCUT2D eigenvalue weighted by Crippen LogP contribution is 2.42. The lowest BCUT2D eigenvalue weighted by molar-refractivity contribution is -0.0591. The molecule has 2 saturated heterocycles. The van der Waals surface area contributed by atoms with Crippen molar-refractivity contribution in [2.45, 2.75) is 50.7 Å². The third-order valence-corrected chi connectivity index (χ3v) is 6.77. The molecule has 2 aromatic carbocycles. The van der Waals surface area contributed by atoms with Crippen LogP contribution in [-0.4, -0.2) is 72.4 Å². The number of hydrogen-bond donors (Lipinski definition) is 2. The normalized spacial score (nSPS) is 23.7. The molecule has 32 heavy (non-hydrogen) atoms. The van der Waals surface area contributed by atoms with Gasteiger partial charge in [-0.1, -0.05) is 36.4 Å². The molecule has 0 radical (unpaired) electrons. The van der Waals surface area contributed by atoms with Crippen molar-refractivity contribution >= 4 is 6.03 Å². The van der Waals surface area contributed by atoms with Gasteiger partial charge in [-0.15, -0.1) is 0 Å². The molecule has 6 nitrogen and oxygen atoms in total. The molecule has 0 bridgehead atoms. The largest absolute Gasteiger partial charge is 0.497 e. The summed E-state index contributed by atoms with van der Waals surface area (Å²) in [6, 6.07) is 17.2. The number of carbonyl (C=O) groups is 1. The number of nitrogens with zero attached hydrogens (tertiary/aromatic N) is 2. The number of aliphatic hydroxyl groups is 1. The lowest BCUT2D eigenvalue weighted by atomic mass is 9.74. The second-order valence-corrected chi connectivity index (χ2v) is 9.19. The van der Waals surface area contributed by atoms with Crippen molar-refractivity contribution in [3.05, 3.63) is 54.1 Å². The number of urea groups is 1. The summed E-state index contributed by atoms with van der Waals surface area (Å²) in [7, 11) is 1.68. The molecule has 0 unspecified atom stereocenters. The van der Waals surface area contributed by atoms with Crippen LogP contribution in [0, 0.1) is 0 Å². The third kappa shape index (κ3) is 4.62. The summed E-state index contributed by atoms with van der Waals surface area (Å²) >= 11 is 0. The first kappa shape index (κ1) is 22.6. The fourth-order valence-corrected chi connectivity index (χ4v) is 5.16. The average Bonchev–Trinajstić information content (AvgIpc) is 2.78. The molecule has 2 aromatic rings. The fraction of sp³-hybridized carbons (Fsp3) is 0.500. The molecule has 0 aromatic heterocycles. The molecule has 0 aliphatic carbocycles. The van der Waals surface area contributed by atoms with Crippen LogP contribution in [0.3, 0.4) is 0 Å². The Morgan fingerprint density at radius 2 is 1.88 bits per heavy atom. The molecule has 6 heteroatoms. The zero-order valence-corrected chi connectivity index (χ0v) is 19.3. The van der Waals surface area contributed by atoms with Crippen molar-refractivity contribution in [3.8, 4) is 16.9 Å². The summed E-state index contributed by atoms with van der Waals surface area (Å²) in [6.07, 6.45) is 2.03. The summed E-state index contributed by atoms with van der Waals surface area (Å²) in [5.41, 5.74) is 3.48. The van der Waals surface area contributed by atoms with Crippen LogP contribution in [-0.2, 0) is 0 Å². The van der Waals surface area contributed by atoms with E-state index in [1.165, 1.54) is 5.56 Å². The summed E-state index contributed by atoms with van der Waals surface area (Å²) < 4.78 is 5.36. The van der Waals surface area contributed by atoms with E-state index >= 15 is 0 Å². The highest BCUT2D eigenvalue weighted by atomic mass is 16.5. The zero-order chi connectivity index (χ0) is 22.7. The second kappa shape index (κ2) is 9.92. The minimum atomic E-state index is 0.0152. The topological polar surface area (TPSA) is 65.0 Å². The van der Waals surface area contributed by atoms with Crippen molar-refractivity contribution in [1.29, 1.82) is 0 Å². The first-order chi connectivity index (χ1) is 15.5. The van der Waals surface area contributed by atoms with Crippen LogP contribution in [0.15, 0.2) is 48.5 Å². The van der Waals surface area contributed by atoms with Crippen LogP contribution in [0.1, 0.15) is 38.2 Å². The molecule has 0 spiro atoms. The van der Waals surface area contributed by atoms with Crippen LogP contribution in [0.25, 0.3) is 11.1 Å². The van der Waals surface area contributed by atoms with Crippen molar-refractivity contribution < 1.29 is 14.6 Å². The number of hydrogen-bond acceptors (Lipinski definition) is 4. The summed E-state index contributed by atoms with van der Waals surface area (Å²) in [5, 5.41) is 13.2. The van der Waals surface area contributed by atoms with E-state index in [4.69, 9.17) is 4.74 Å². The fourth-order valence-electron chi connectivity index (χ4n) is 5.16. The number of ether oxygens (including phenoxy) is 1. The number of methoxy groups -OCH3 is 1. The molecular formula is C26H35N3O3. The minimum Gasteiger partial charge on any atom is -0.497 e. The highest BCUT2D eigenvalue weighted by molar-refractivity contribution is 5.74. The second-order valence-electron chi connectivity index (χ2n) is 9.19. The Morgan fingerprint density at radius 1 is 1.12 bits per heavy atom. The first-order valence-electron chi connectivity index (χ1n) is 11.7. The van der Waals surface area contributed by atoms with Crippen LogP contribution < -0.4 is 10.1 Å². The summed E-state index contributed by atoms with van der Waals surface area (Å²) in [5.74, 6) is 1.06. The Bertz CT molecular complexity index is 915. The molecule has 172 valence electrons. The van der Waals surface area contributed by atoms with Crippen LogP contribution in [0.4, 0.5) is 4.79 Å². The van der Waals surface area contributed by atoms with Crippen molar-refractivity contribution in [2.75, 3.05) is 33.4 Å². The Hall–Kier alpha value is -2.57. The summed E-state index contributed by atoms with van der Waals surface area (Å²) in [6.45, 7) is 6.58. The number of amides is 2. The van der Waals surface area contributed by atoms with Crippen molar-refractivity contribution in [1.82, 2.24) is 15.1 Å². The smallest absolute Gasteiger partial charge is 0.317 e. The lowest BCUT2D eigenvalue weighted by Crippen LogP contribution is -2.68. The predicted molar refractivity (Wildman–Crippen MR) is 127 cm³/mol. The number of nitrogens with one attached hydrogen (secondary N) is 1. The van der Waals surface area contributed by atoms with E-state index in [0.29, 0.717) is 6.54 Å². The van der Waals surface area contributed by atoms with Gasteiger partial charge in [0.1, 0.15) is 5.75 Å². The lowest BCUT2D eigenvalue weighted by Gasteiger charge is -2.57. The third-order valence-electron chi connectivity index (χ3n) is 6.77. The Kier molecular flexibility index (Phi) is 7.01. The SMILES string of the molecule is COc1cccc(-c2ccc([C@H]3[C@H](CO)N4CCCCN(C(=O)NC(C)C)C[C@@H]34)cc2)c1. The van der Waals surface area contributed by atoms with E-state index in [0.717, 1.165) is 42.8 Å². The highest BCUT2D eigenvalue weighted by Gasteiger charge is 2.49. The van der Waals surface area contributed by atoms with E-state index in [9.17, 15) is 9.90 Å². The molecule has 2 N–H and O–H groups in total. The van der Waals surface area contributed by atoms with Gasteiger partial charge in [-0.3, -0.25) is 4.90 Å². The molecule has 2 fully saturated rings. The first-order valence-corrected chi connectivity index (χ1v) is 11.7. The van der Waals surface area contributed by atoms with Gasteiger partial charge in [-0.2, -0.15) is 0 Å². The van der Waals surface area contributed by atoms with Gasteiger partial charge in [-0.25, -0.2) is 4.79 Å². The van der Waals surface area contributed by atoms with Crippen LogP contribution >= 0.6 is 0 Å². The standard InChI is InChI=1S/C26H35N3O3/c1-18(2)27-26(31)28-13-4-5-14-29-23(16-28)25(24(29)17-30)20-11-9-19(10-12-20)21-7-6-8-22(15-21)32-3/h6-12,15,18,23-25,30H,4-5,13-14,16-17H2,1-3H3,(H,27,31)/t23-,24-,25+/m0/s1. The maximum atomic E-state index is 12.7. The van der Waals surface area contributed by atoms with E-state index in [2.05, 4.69) is 40.5 Å². The number of carbonyl (C=O) groups excluding carboxylic acids is 1. The maximum absolute atomic E-state index is 12.7. The monoisotopic (exact) mass is 437 g/mol. The Balaban J connectivity index is 1.55. The van der Waals surface area contributed by atoms with Gasteiger partial charge in [0.15, 0.2) is 0 Å². The van der Waals surface area contributed by atoms with Crippen LogP contribution in [0.5, 0.6) is 5.75 Å². The molecule has 3 atom stereocenters. The van der Waals surface area contributed by atoms with Gasteiger partial charge in [0, 0.05) is 37.1 Å². The van der Waals surface area contributed by atoms with Gasteiger partial charge in [0.25, 0.3) is 0 Å². The Labute approximate surface area is 191 Å². The molecule has 4 rings (SSSR count). The van der Waals surface area contributed by atoms with Gasteiger partial charge in [0.05, 0.1) is 13.7 Å². The zero-order valence-electron chi connectivity index (χ0n) is 19.3. The number of benzene rings is 2. The Morgan fingerprint density at radius 3 is 2.56 bits per heavy atom. The van der Waals surface area contributed by atoms with Gasteiger partial charge in [0.2, 0.25) is 0 Å². The molecule has 2 heterocycles. The minimum absolute atomic E-state index is 0.0152. The van der Waals surface area contributed by atoms with Gasteiger partial charge < -0.3 is 20.1 Å². The van der Waals surface area contributed by atoms with Crippen molar-refractivity contribution in [2.24, 2.45) is 0 Å². The molecule has 2 aliphatic rings. The number of fused-ring (bicyclic) bond motifs is 1. The molecule has 2 aliphatic heterocycles. The predicted octanol–water partition coefficient (Wildman–Crippen LogP) is 3.70. The van der Waals surface area contributed by atoms with E-state index in [1.807, 2.05) is 36.9 Å².